The number of nitrogens with one attached hydrogen (secondary N) is 2. The molecule has 182 valence electrons. The van der Waals surface area contributed by atoms with Crippen molar-refractivity contribution < 1.29 is 14.6 Å². The Balaban J connectivity index is 0.00000512. The van der Waals surface area contributed by atoms with Crippen LogP contribution in [0.15, 0.2) is 35.3 Å². The predicted molar refractivity (Wildman–Crippen MR) is 141 cm³/mol. The zero-order valence-electron chi connectivity index (χ0n) is 20.0. The minimum atomic E-state index is -0.463. The van der Waals surface area contributed by atoms with Gasteiger partial charge in [0.2, 0.25) is 0 Å². The van der Waals surface area contributed by atoms with Crippen LogP contribution in [0.1, 0.15) is 58.4 Å². The summed E-state index contributed by atoms with van der Waals surface area (Å²) in [4.78, 5) is 18.9. The van der Waals surface area contributed by atoms with Gasteiger partial charge < -0.3 is 25.4 Å². The minimum absolute atomic E-state index is 0. The maximum atomic E-state index is 12.4. The second kappa shape index (κ2) is 14.6. The predicted octanol–water partition coefficient (Wildman–Crippen LogP) is 3.97. The number of ether oxygens (including phenoxy) is 1. The maximum absolute atomic E-state index is 12.4. The number of aliphatic hydroxyl groups excluding tert-OH is 1. The quantitative estimate of drug-likeness (QED) is 0.255. The lowest BCUT2D eigenvalue weighted by molar-refractivity contribution is 0.0162. The molecule has 1 aromatic carbocycles. The molecular formula is C24H41IN4O3. The van der Waals surface area contributed by atoms with Crippen LogP contribution in [0.3, 0.4) is 0 Å². The first kappa shape index (κ1) is 28.5. The van der Waals surface area contributed by atoms with Gasteiger partial charge in [-0.25, -0.2) is 4.79 Å². The van der Waals surface area contributed by atoms with E-state index in [1.807, 2.05) is 62.9 Å². The van der Waals surface area contributed by atoms with Crippen LogP contribution >= 0.6 is 24.0 Å². The van der Waals surface area contributed by atoms with Crippen LogP contribution in [-0.2, 0) is 4.74 Å². The van der Waals surface area contributed by atoms with Gasteiger partial charge in [-0.2, -0.15) is 0 Å². The highest BCUT2D eigenvalue weighted by Gasteiger charge is 2.27. The molecule has 0 aliphatic carbocycles. The van der Waals surface area contributed by atoms with Crippen LogP contribution in [-0.4, -0.2) is 67.0 Å². The normalized spacial score (nSPS) is 17.8. The smallest absolute Gasteiger partial charge is 0.410 e. The molecule has 1 aliphatic rings. The van der Waals surface area contributed by atoms with Gasteiger partial charge in [0.05, 0.1) is 13.2 Å². The molecule has 0 saturated carbocycles. The summed E-state index contributed by atoms with van der Waals surface area (Å²) in [5, 5.41) is 16.4. The SMILES string of the molecule is CCNC(=NCC(CO)c1ccccc1)NCCC1CCCN(C(=O)OC(C)(C)C)C1.I. The molecule has 1 fully saturated rings. The Morgan fingerprint density at radius 1 is 1.28 bits per heavy atom. The van der Waals surface area contributed by atoms with Gasteiger partial charge in [-0.15, -0.1) is 24.0 Å². The number of guanidine groups is 1. The molecule has 0 aromatic heterocycles. The fraction of sp³-hybridized carbons (Fsp3) is 0.667. The van der Waals surface area contributed by atoms with Gasteiger partial charge in [0.25, 0.3) is 0 Å². The van der Waals surface area contributed by atoms with Crippen LogP contribution in [0.25, 0.3) is 0 Å². The van der Waals surface area contributed by atoms with E-state index in [0.29, 0.717) is 12.5 Å². The number of aliphatic hydroxyl groups is 1. The Labute approximate surface area is 210 Å². The highest BCUT2D eigenvalue weighted by atomic mass is 127. The average Bonchev–Trinajstić information content (AvgIpc) is 2.74. The van der Waals surface area contributed by atoms with Crippen LogP contribution in [0.2, 0.25) is 0 Å². The molecule has 3 N–H and O–H groups in total. The van der Waals surface area contributed by atoms with Crippen molar-refractivity contribution >= 4 is 36.0 Å². The number of halogens is 1. The summed E-state index contributed by atoms with van der Waals surface area (Å²) in [5.41, 5.74) is 0.628. The number of hydrogen-bond donors (Lipinski definition) is 3. The number of piperidine rings is 1. The van der Waals surface area contributed by atoms with E-state index in [1.165, 1.54) is 0 Å². The molecule has 1 heterocycles. The standard InChI is InChI=1S/C24H40N4O3.HI/c1-5-25-22(27-16-21(18-29)20-11-7-6-8-12-20)26-14-13-19-10-9-15-28(17-19)23(30)31-24(2,3)4;/h6-8,11-12,19,21,29H,5,9-10,13-18H2,1-4H3,(H2,25,26,27);1H. The number of likely N-dealkylation sites (tertiary alicyclic amines) is 1. The molecule has 2 unspecified atom stereocenters. The molecule has 0 spiro atoms. The first-order valence-corrected chi connectivity index (χ1v) is 11.5. The highest BCUT2D eigenvalue weighted by molar-refractivity contribution is 14.0. The van der Waals surface area contributed by atoms with Gasteiger partial charge in [-0.1, -0.05) is 30.3 Å². The Hall–Kier alpha value is -1.55. The van der Waals surface area contributed by atoms with E-state index in [1.54, 1.807) is 0 Å². The molecule has 1 amide bonds. The molecule has 1 aliphatic heterocycles. The van der Waals surface area contributed by atoms with Crippen LogP contribution in [0, 0.1) is 5.92 Å². The molecule has 2 atom stereocenters. The molecule has 1 saturated heterocycles. The number of amides is 1. The number of benzene rings is 1. The van der Waals surface area contributed by atoms with E-state index in [2.05, 4.69) is 15.6 Å². The average molecular weight is 561 g/mol. The summed E-state index contributed by atoms with van der Waals surface area (Å²) in [6, 6.07) is 9.99. The largest absolute Gasteiger partial charge is 0.444 e. The van der Waals surface area contributed by atoms with Gasteiger partial charge in [0.1, 0.15) is 5.60 Å². The molecule has 0 radical (unpaired) electrons. The van der Waals surface area contributed by atoms with Crippen molar-refractivity contribution in [1.82, 2.24) is 15.5 Å². The monoisotopic (exact) mass is 560 g/mol. The van der Waals surface area contributed by atoms with E-state index in [9.17, 15) is 9.90 Å². The van der Waals surface area contributed by atoms with Gasteiger partial charge in [-0.05, 0) is 58.4 Å². The van der Waals surface area contributed by atoms with Gasteiger partial charge in [0.15, 0.2) is 5.96 Å². The Morgan fingerprint density at radius 3 is 2.62 bits per heavy atom. The van der Waals surface area contributed by atoms with Crippen molar-refractivity contribution in [2.45, 2.75) is 58.5 Å². The van der Waals surface area contributed by atoms with Crippen LogP contribution in [0.5, 0.6) is 0 Å². The van der Waals surface area contributed by atoms with E-state index >= 15 is 0 Å². The fourth-order valence-corrected chi connectivity index (χ4v) is 3.72. The molecule has 2 rings (SSSR count). The van der Waals surface area contributed by atoms with Crippen LogP contribution < -0.4 is 10.6 Å². The molecule has 0 bridgehead atoms. The van der Waals surface area contributed by atoms with Crippen molar-refractivity contribution in [2.75, 3.05) is 39.3 Å². The van der Waals surface area contributed by atoms with Gasteiger partial charge in [-0.3, -0.25) is 4.99 Å². The van der Waals surface area contributed by atoms with Crippen molar-refractivity contribution in [3.05, 3.63) is 35.9 Å². The summed E-state index contributed by atoms with van der Waals surface area (Å²) in [6.07, 6.45) is 2.88. The van der Waals surface area contributed by atoms with E-state index in [0.717, 1.165) is 57.0 Å². The Bertz CT molecular complexity index is 694. The number of hydrogen-bond acceptors (Lipinski definition) is 4. The maximum Gasteiger partial charge on any atom is 0.410 e. The molecule has 7 nitrogen and oxygen atoms in total. The molecule has 8 heteroatoms. The summed E-state index contributed by atoms with van der Waals surface area (Å²) in [7, 11) is 0. The second-order valence-corrected chi connectivity index (χ2v) is 9.16. The van der Waals surface area contributed by atoms with E-state index < -0.39 is 5.60 Å². The summed E-state index contributed by atoms with van der Waals surface area (Å²) in [5.74, 6) is 1.19. The van der Waals surface area contributed by atoms with Crippen molar-refractivity contribution in [1.29, 1.82) is 0 Å². The first-order chi connectivity index (χ1) is 14.8. The lowest BCUT2D eigenvalue weighted by Crippen LogP contribution is -2.44. The third-order valence-electron chi connectivity index (χ3n) is 5.32. The van der Waals surface area contributed by atoms with Gasteiger partial charge in [0, 0.05) is 32.1 Å². The van der Waals surface area contributed by atoms with Crippen molar-refractivity contribution in [2.24, 2.45) is 10.9 Å². The number of aliphatic imine (C=N–C) groups is 1. The second-order valence-electron chi connectivity index (χ2n) is 9.16. The van der Waals surface area contributed by atoms with Crippen LogP contribution in [0.4, 0.5) is 4.79 Å². The third-order valence-corrected chi connectivity index (χ3v) is 5.32. The molecule has 1 aromatic rings. The number of rotatable bonds is 8. The number of carbonyl (C=O) groups excluding carboxylic acids is 1. The number of carbonyl (C=O) groups is 1. The zero-order chi connectivity index (χ0) is 22.7. The first-order valence-electron chi connectivity index (χ1n) is 11.5. The van der Waals surface area contributed by atoms with E-state index in [-0.39, 0.29) is 42.6 Å². The van der Waals surface area contributed by atoms with E-state index in [4.69, 9.17) is 4.74 Å². The fourth-order valence-electron chi connectivity index (χ4n) is 3.72. The molecule has 32 heavy (non-hydrogen) atoms. The lowest BCUT2D eigenvalue weighted by Gasteiger charge is -2.34. The third kappa shape index (κ3) is 10.4. The summed E-state index contributed by atoms with van der Waals surface area (Å²) in [6.45, 7) is 11.4. The number of nitrogens with zero attached hydrogens (tertiary/aromatic N) is 2. The Kier molecular flexibility index (Phi) is 13.0. The Morgan fingerprint density at radius 2 is 2.00 bits per heavy atom. The van der Waals surface area contributed by atoms with Gasteiger partial charge >= 0.3 is 6.09 Å². The summed E-state index contributed by atoms with van der Waals surface area (Å²) >= 11 is 0. The highest BCUT2D eigenvalue weighted by Crippen LogP contribution is 2.21. The molecular weight excluding hydrogens is 519 g/mol. The lowest BCUT2D eigenvalue weighted by atomic mass is 9.95. The topological polar surface area (TPSA) is 86.2 Å². The zero-order valence-corrected chi connectivity index (χ0v) is 22.3. The van der Waals surface area contributed by atoms with Crippen molar-refractivity contribution in [3.8, 4) is 0 Å². The minimum Gasteiger partial charge on any atom is -0.444 e. The summed E-state index contributed by atoms with van der Waals surface area (Å²) < 4.78 is 5.52. The van der Waals surface area contributed by atoms with Crippen molar-refractivity contribution in [3.63, 3.8) is 0 Å².